The number of esters is 1. The van der Waals surface area contributed by atoms with E-state index in [0.29, 0.717) is 11.4 Å². The fourth-order valence-corrected chi connectivity index (χ4v) is 3.01. The summed E-state index contributed by atoms with van der Waals surface area (Å²) in [6.45, 7) is 3.39. The lowest BCUT2D eigenvalue weighted by atomic mass is 9.85. The Morgan fingerprint density at radius 2 is 2.15 bits per heavy atom. The van der Waals surface area contributed by atoms with Crippen LogP contribution in [0.3, 0.4) is 0 Å². The van der Waals surface area contributed by atoms with E-state index >= 15 is 0 Å². The van der Waals surface area contributed by atoms with Gasteiger partial charge in [0.05, 0.1) is 34.4 Å². The molecule has 26 heavy (non-hydrogen) atoms. The van der Waals surface area contributed by atoms with E-state index in [1.165, 1.54) is 18.2 Å². The lowest BCUT2D eigenvalue weighted by Crippen LogP contribution is -2.28. The van der Waals surface area contributed by atoms with Gasteiger partial charge in [-0.25, -0.2) is 9.59 Å². The van der Waals surface area contributed by atoms with Crippen LogP contribution in [0.4, 0.5) is 10.5 Å². The van der Waals surface area contributed by atoms with Crippen LogP contribution in [0, 0.1) is 10.1 Å². The lowest BCUT2D eigenvalue weighted by molar-refractivity contribution is -0.385. The van der Waals surface area contributed by atoms with Crippen LogP contribution in [0.15, 0.2) is 47.0 Å². The van der Waals surface area contributed by atoms with Gasteiger partial charge in [0.2, 0.25) is 0 Å². The minimum absolute atomic E-state index is 0.0231. The molecule has 0 aliphatic carbocycles. The third-order valence-corrected chi connectivity index (χ3v) is 4.05. The zero-order chi connectivity index (χ0) is 18.8. The molecule has 0 spiro atoms. The van der Waals surface area contributed by atoms with E-state index in [1.54, 1.807) is 19.9 Å². The lowest BCUT2D eigenvalue weighted by Gasteiger charge is -2.27. The minimum Gasteiger partial charge on any atom is -0.456 e. The summed E-state index contributed by atoms with van der Waals surface area (Å²) < 4.78 is 15.2. The number of cyclic esters (lactones) is 1. The van der Waals surface area contributed by atoms with Crippen LogP contribution >= 0.6 is 0 Å². The highest BCUT2D eigenvalue weighted by Crippen LogP contribution is 2.44. The largest absolute Gasteiger partial charge is 0.513 e. The van der Waals surface area contributed by atoms with Crippen molar-refractivity contribution < 1.29 is 28.7 Å². The van der Waals surface area contributed by atoms with Gasteiger partial charge < -0.3 is 19.5 Å². The van der Waals surface area contributed by atoms with Crippen molar-refractivity contribution in [3.63, 3.8) is 0 Å². The molecule has 136 valence electrons. The number of nitrogens with zero attached hydrogens (tertiary/aromatic N) is 1. The van der Waals surface area contributed by atoms with Gasteiger partial charge in [0.1, 0.15) is 12.4 Å². The first kappa shape index (κ1) is 17.5. The number of carbonyl (C=O) groups excluding carboxylic acids is 2. The first-order valence-corrected chi connectivity index (χ1v) is 7.89. The monoisotopic (exact) mass is 360 g/mol. The van der Waals surface area contributed by atoms with Crippen LogP contribution in [0.2, 0.25) is 0 Å². The number of nitro benzene ring substituents is 1. The van der Waals surface area contributed by atoms with Crippen molar-refractivity contribution in [1.29, 1.82) is 0 Å². The summed E-state index contributed by atoms with van der Waals surface area (Å²) in [6.07, 6.45) is -0.956. The van der Waals surface area contributed by atoms with Gasteiger partial charge in [-0.2, -0.15) is 0 Å². The molecule has 2 aliphatic heterocycles. The fraction of sp³-hybridized carbons (Fsp3) is 0.294. The Morgan fingerprint density at radius 1 is 1.42 bits per heavy atom. The van der Waals surface area contributed by atoms with Crippen molar-refractivity contribution in [1.82, 2.24) is 5.32 Å². The van der Waals surface area contributed by atoms with E-state index in [0.717, 1.165) is 0 Å². The number of allylic oxidation sites excluding steroid dienone is 2. The molecule has 3 rings (SSSR count). The number of rotatable bonds is 4. The first-order valence-electron chi connectivity index (χ1n) is 7.89. The van der Waals surface area contributed by atoms with E-state index in [4.69, 9.17) is 14.2 Å². The molecule has 0 saturated heterocycles. The smallest absolute Gasteiger partial charge is 0.456 e. The molecule has 1 unspecified atom stereocenters. The topological polar surface area (TPSA) is 117 Å². The normalized spacial score (nSPS) is 18.8. The Labute approximate surface area is 148 Å². The van der Waals surface area contributed by atoms with Crippen molar-refractivity contribution >= 4 is 17.8 Å². The van der Waals surface area contributed by atoms with E-state index in [9.17, 15) is 19.7 Å². The van der Waals surface area contributed by atoms with Crippen molar-refractivity contribution in [3.05, 3.63) is 62.7 Å². The summed E-state index contributed by atoms with van der Waals surface area (Å²) in [4.78, 5) is 35.0. The summed E-state index contributed by atoms with van der Waals surface area (Å²) in [7, 11) is 0. The molecule has 0 amide bonds. The summed E-state index contributed by atoms with van der Waals surface area (Å²) in [5.74, 6) is -1.50. The second-order valence-corrected chi connectivity index (χ2v) is 5.62. The van der Waals surface area contributed by atoms with E-state index < -0.39 is 23.0 Å². The molecule has 1 N–H and O–H groups in total. The van der Waals surface area contributed by atoms with Crippen molar-refractivity contribution in [3.8, 4) is 0 Å². The summed E-state index contributed by atoms with van der Waals surface area (Å²) >= 11 is 0. The average Bonchev–Trinajstić information content (AvgIpc) is 2.96. The maximum atomic E-state index is 12.3. The van der Waals surface area contributed by atoms with Crippen molar-refractivity contribution in [2.45, 2.75) is 19.8 Å². The van der Waals surface area contributed by atoms with Crippen LogP contribution in [0.25, 0.3) is 0 Å². The molecule has 0 saturated carbocycles. The zero-order valence-electron chi connectivity index (χ0n) is 14.1. The highest BCUT2D eigenvalue weighted by molar-refractivity contribution is 5.95. The number of nitro groups is 1. The van der Waals surface area contributed by atoms with Crippen molar-refractivity contribution in [2.24, 2.45) is 0 Å². The molecule has 0 bridgehead atoms. The fourth-order valence-electron chi connectivity index (χ4n) is 3.01. The summed E-state index contributed by atoms with van der Waals surface area (Å²) in [5, 5.41) is 14.4. The molecular weight excluding hydrogens is 344 g/mol. The Hall–Kier alpha value is -3.36. The van der Waals surface area contributed by atoms with Crippen LogP contribution < -0.4 is 5.32 Å². The second kappa shape index (κ2) is 6.87. The van der Waals surface area contributed by atoms with Gasteiger partial charge in [0.15, 0.2) is 0 Å². The molecule has 1 aromatic rings. The number of nitrogens with one attached hydrogen (secondary N) is 1. The summed E-state index contributed by atoms with van der Waals surface area (Å²) in [6, 6.07) is 5.98. The Morgan fingerprint density at radius 3 is 2.85 bits per heavy atom. The van der Waals surface area contributed by atoms with Gasteiger partial charge in [-0.15, -0.1) is 0 Å². The standard InChI is InChI=1S/C17H16N2O7/c1-3-24-17(21)26-15-9(2)18-11-8-25-16(20)14(11)13(15)10-6-4-5-7-12(10)19(22)23/h4-7,13,18H,3,8H2,1-2H3. The van der Waals surface area contributed by atoms with Gasteiger partial charge in [-0.05, 0) is 13.8 Å². The van der Waals surface area contributed by atoms with Gasteiger partial charge in [0.25, 0.3) is 5.69 Å². The number of benzene rings is 1. The van der Waals surface area contributed by atoms with E-state index in [1.807, 2.05) is 0 Å². The zero-order valence-corrected chi connectivity index (χ0v) is 14.1. The molecule has 0 fully saturated rings. The van der Waals surface area contributed by atoms with Gasteiger partial charge in [-0.1, -0.05) is 18.2 Å². The quantitative estimate of drug-likeness (QED) is 0.494. The molecule has 1 atom stereocenters. The van der Waals surface area contributed by atoms with Crippen molar-refractivity contribution in [2.75, 3.05) is 13.2 Å². The van der Waals surface area contributed by atoms with Crippen LogP contribution in [0.5, 0.6) is 0 Å². The predicted molar refractivity (Wildman–Crippen MR) is 87.8 cm³/mol. The number of dihydropyridines is 1. The molecule has 9 heteroatoms. The Bertz CT molecular complexity index is 856. The number of hydrogen-bond donors (Lipinski definition) is 1. The molecule has 0 aromatic heterocycles. The highest BCUT2D eigenvalue weighted by Gasteiger charge is 2.43. The Kier molecular flexibility index (Phi) is 4.61. The van der Waals surface area contributed by atoms with Gasteiger partial charge in [-0.3, -0.25) is 10.1 Å². The SMILES string of the molecule is CCOC(=O)OC1=C(C)NC2=C(C(=O)OC2)C1c1ccccc1[N+](=O)[O-]. The number of carbonyl (C=O) groups is 2. The average molecular weight is 360 g/mol. The number of hydrogen-bond acceptors (Lipinski definition) is 8. The summed E-state index contributed by atoms with van der Waals surface area (Å²) in [5.41, 5.74) is 1.15. The van der Waals surface area contributed by atoms with Gasteiger partial charge in [0, 0.05) is 11.6 Å². The predicted octanol–water partition coefficient (Wildman–Crippen LogP) is 2.50. The number of ether oxygens (including phenoxy) is 3. The second-order valence-electron chi connectivity index (χ2n) is 5.62. The maximum absolute atomic E-state index is 12.3. The first-order chi connectivity index (χ1) is 12.4. The third-order valence-electron chi connectivity index (χ3n) is 4.05. The molecule has 0 radical (unpaired) electrons. The molecule has 2 aliphatic rings. The van der Waals surface area contributed by atoms with Crippen LogP contribution in [0.1, 0.15) is 25.3 Å². The maximum Gasteiger partial charge on any atom is 0.513 e. The highest BCUT2D eigenvalue weighted by atomic mass is 16.7. The molecule has 2 heterocycles. The van der Waals surface area contributed by atoms with Crippen LogP contribution in [-0.4, -0.2) is 30.3 Å². The van der Waals surface area contributed by atoms with Crippen LogP contribution in [-0.2, 0) is 19.0 Å². The van der Waals surface area contributed by atoms with E-state index in [-0.39, 0.29) is 35.8 Å². The third kappa shape index (κ3) is 2.99. The molecule has 9 nitrogen and oxygen atoms in total. The minimum atomic E-state index is -0.956. The Balaban J connectivity index is 2.14. The molecule has 1 aromatic carbocycles. The molecular formula is C17H16N2O7. The number of para-hydroxylation sites is 1. The van der Waals surface area contributed by atoms with Gasteiger partial charge >= 0.3 is 12.1 Å². The van der Waals surface area contributed by atoms with E-state index in [2.05, 4.69) is 5.32 Å².